The zero-order valence-corrected chi connectivity index (χ0v) is 13.5. The van der Waals surface area contributed by atoms with E-state index in [-0.39, 0.29) is 18.1 Å². The summed E-state index contributed by atoms with van der Waals surface area (Å²) in [5.74, 6) is 0.420. The van der Waals surface area contributed by atoms with Gasteiger partial charge in [-0.3, -0.25) is 4.98 Å². The van der Waals surface area contributed by atoms with Crippen LogP contribution in [0.4, 0.5) is 14.5 Å². The number of alkyl halides is 2. The van der Waals surface area contributed by atoms with Gasteiger partial charge in [0, 0.05) is 25.4 Å². The monoisotopic (exact) mass is 336 g/mol. The largest absolute Gasteiger partial charge is 0.494 e. The van der Waals surface area contributed by atoms with E-state index in [1.54, 1.807) is 14.2 Å². The molecule has 0 spiro atoms. The minimum absolute atomic E-state index is 0.233. The highest BCUT2D eigenvalue weighted by Gasteiger charge is 2.42. The first kappa shape index (κ1) is 16.6. The van der Waals surface area contributed by atoms with Crippen molar-refractivity contribution in [1.82, 2.24) is 4.98 Å². The number of pyridine rings is 1. The predicted octanol–water partition coefficient (Wildman–Crippen LogP) is 3.78. The fourth-order valence-electron chi connectivity index (χ4n) is 2.64. The normalized spacial score (nSPS) is 19.4. The zero-order chi connectivity index (χ0) is 17.3. The van der Waals surface area contributed by atoms with Gasteiger partial charge in [-0.25, -0.2) is 8.78 Å². The molecule has 1 fully saturated rings. The molecule has 2 heterocycles. The first-order chi connectivity index (χ1) is 11.6. The average Bonchev–Trinajstić information content (AvgIpc) is 3.40. The number of benzene rings is 1. The van der Waals surface area contributed by atoms with Crippen LogP contribution in [0.3, 0.4) is 0 Å². The van der Waals surface area contributed by atoms with Gasteiger partial charge in [-0.05, 0) is 29.3 Å². The number of methoxy groups -OCH3 is 2. The van der Waals surface area contributed by atoms with Gasteiger partial charge in [0.2, 0.25) is 0 Å². The average molecular weight is 336 g/mol. The summed E-state index contributed by atoms with van der Waals surface area (Å²) in [4.78, 5) is 3.75. The van der Waals surface area contributed by atoms with Crippen molar-refractivity contribution in [3.8, 4) is 16.9 Å². The van der Waals surface area contributed by atoms with Gasteiger partial charge in [0.05, 0.1) is 13.3 Å². The molecule has 24 heavy (non-hydrogen) atoms. The molecule has 0 radical (unpaired) electrons. The van der Waals surface area contributed by atoms with Crippen molar-refractivity contribution in [2.75, 3.05) is 26.6 Å². The lowest BCUT2D eigenvalue weighted by molar-refractivity contribution is 0.0950. The van der Waals surface area contributed by atoms with Gasteiger partial charge in [-0.1, -0.05) is 6.07 Å². The molecule has 2 unspecified atom stereocenters. The second-order valence-corrected chi connectivity index (χ2v) is 5.32. The maximum Gasteiger partial charge on any atom is 0.280 e. The van der Waals surface area contributed by atoms with Gasteiger partial charge in [0.25, 0.3) is 6.43 Å². The third kappa shape index (κ3) is 3.05. The molecule has 1 aromatic heterocycles. The van der Waals surface area contributed by atoms with Gasteiger partial charge in [0.1, 0.15) is 17.5 Å². The fourth-order valence-corrected chi connectivity index (χ4v) is 2.64. The summed E-state index contributed by atoms with van der Waals surface area (Å²) in [5.41, 5.74) is 2.69. The van der Waals surface area contributed by atoms with Crippen LogP contribution in [0.5, 0.6) is 5.75 Å². The summed E-state index contributed by atoms with van der Waals surface area (Å²) >= 11 is 0. The van der Waals surface area contributed by atoms with E-state index in [1.165, 1.54) is 19.4 Å². The van der Waals surface area contributed by atoms with Crippen LogP contribution in [0, 0.1) is 0 Å². The Kier molecular flexibility index (Phi) is 4.64. The molecule has 0 saturated carbocycles. The van der Waals surface area contributed by atoms with E-state index in [9.17, 15) is 8.78 Å². The Bertz CT molecular complexity index is 740. The number of anilines is 1. The number of hydrogen-bond donors (Lipinski definition) is 1. The number of hydrogen-bond acceptors (Lipinski definition) is 5. The van der Waals surface area contributed by atoms with E-state index >= 15 is 0 Å². The van der Waals surface area contributed by atoms with E-state index < -0.39 is 6.43 Å². The highest BCUT2D eigenvalue weighted by molar-refractivity contribution is 5.77. The summed E-state index contributed by atoms with van der Waals surface area (Å²) in [7, 11) is 4.84. The molecule has 1 saturated heterocycles. The number of aromatic nitrogens is 1. The van der Waals surface area contributed by atoms with Crippen LogP contribution >= 0.6 is 0 Å². The Balaban J connectivity index is 2.15. The van der Waals surface area contributed by atoms with Crippen LogP contribution in [-0.2, 0) is 9.47 Å². The van der Waals surface area contributed by atoms with Crippen molar-refractivity contribution in [2.24, 2.45) is 0 Å². The molecule has 1 aliphatic heterocycles. The highest BCUT2D eigenvalue weighted by atomic mass is 19.3. The summed E-state index contributed by atoms with van der Waals surface area (Å²) in [6.45, 7) is 0. The Morgan fingerprint density at radius 1 is 1.21 bits per heavy atom. The van der Waals surface area contributed by atoms with Gasteiger partial charge in [-0.2, -0.15) is 0 Å². The molecule has 0 aliphatic carbocycles. The first-order valence-corrected chi connectivity index (χ1v) is 7.41. The van der Waals surface area contributed by atoms with Gasteiger partial charge in [-0.15, -0.1) is 0 Å². The van der Waals surface area contributed by atoms with Gasteiger partial charge >= 0.3 is 0 Å². The number of halogens is 2. The molecular formula is C17H18F2N2O3. The van der Waals surface area contributed by atoms with Crippen molar-refractivity contribution in [1.29, 1.82) is 0 Å². The zero-order valence-electron chi connectivity index (χ0n) is 13.5. The third-order valence-electron chi connectivity index (χ3n) is 3.95. The Morgan fingerprint density at radius 2 is 2.00 bits per heavy atom. The van der Waals surface area contributed by atoms with E-state index in [0.717, 1.165) is 16.8 Å². The molecule has 7 heteroatoms. The number of epoxide rings is 1. The number of nitrogens with zero attached hydrogens (tertiary/aromatic N) is 1. The summed E-state index contributed by atoms with van der Waals surface area (Å²) in [6, 6.07) is 7.02. The van der Waals surface area contributed by atoms with E-state index in [1.807, 2.05) is 18.2 Å². The van der Waals surface area contributed by atoms with Crippen LogP contribution in [-0.4, -0.2) is 32.5 Å². The fraction of sp³-hybridized carbons (Fsp3) is 0.353. The molecule has 2 atom stereocenters. The summed E-state index contributed by atoms with van der Waals surface area (Å²) in [6.07, 6.45) is -1.90. The van der Waals surface area contributed by atoms with Crippen molar-refractivity contribution in [2.45, 2.75) is 18.8 Å². The first-order valence-electron chi connectivity index (χ1n) is 7.41. The molecule has 1 N–H and O–H groups in total. The van der Waals surface area contributed by atoms with Crippen molar-refractivity contribution >= 4 is 5.69 Å². The number of rotatable bonds is 6. The Hall–Kier alpha value is -2.25. The maximum atomic E-state index is 13.1. The smallest absolute Gasteiger partial charge is 0.280 e. The quantitative estimate of drug-likeness (QED) is 0.814. The molecule has 3 rings (SSSR count). The summed E-state index contributed by atoms with van der Waals surface area (Å²) < 4.78 is 42.1. The molecule has 1 aromatic carbocycles. The van der Waals surface area contributed by atoms with Crippen LogP contribution < -0.4 is 10.1 Å². The second-order valence-electron chi connectivity index (χ2n) is 5.32. The second kappa shape index (κ2) is 6.70. The van der Waals surface area contributed by atoms with Crippen molar-refractivity contribution in [3.63, 3.8) is 0 Å². The molecule has 5 nitrogen and oxygen atoms in total. The molecule has 1 aliphatic rings. The van der Waals surface area contributed by atoms with E-state index in [0.29, 0.717) is 11.3 Å². The van der Waals surface area contributed by atoms with Crippen LogP contribution in [0.1, 0.15) is 23.8 Å². The predicted molar refractivity (Wildman–Crippen MR) is 85.4 cm³/mol. The van der Waals surface area contributed by atoms with Crippen molar-refractivity contribution < 1.29 is 23.0 Å². The van der Waals surface area contributed by atoms with E-state index in [2.05, 4.69) is 10.3 Å². The lowest BCUT2D eigenvalue weighted by Gasteiger charge is -2.15. The standard InChI is InChI=1S/C17H18F2N2O3/c1-20-9-4-5-10(15-17(23-3)24-15)11(6-9)12-7-13(16(18)19)21-8-14(12)22-2/h4-8,15-17,20H,1-3H3. The number of ether oxygens (including phenoxy) is 3. The minimum atomic E-state index is -2.66. The highest BCUT2D eigenvalue weighted by Crippen LogP contribution is 2.46. The van der Waals surface area contributed by atoms with Crippen LogP contribution in [0.2, 0.25) is 0 Å². The molecule has 0 amide bonds. The van der Waals surface area contributed by atoms with Crippen LogP contribution in [0.15, 0.2) is 30.5 Å². The third-order valence-corrected chi connectivity index (χ3v) is 3.95. The minimum Gasteiger partial charge on any atom is -0.494 e. The Morgan fingerprint density at radius 3 is 2.58 bits per heavy atom. The SMILES string of the molecule is CNc1ccc(C2OC2OC)c(-c2cc(C(F)F)ncc2OC)c1. The topological polar surface area (TPSA) is 55.9 Å². The molecule has 0 bridgehead atoms. The lowest BCUT2D eigenvalue weighted by Crippen LogP contribution is -2.00. The maximum absolute atomic E-state index is 13.1. The van der Waals surface area contributed by atoms with Gasteiger partial charge in [0.15, 0.2) is 6.29 Å². The lowest BCUT2D eigenvalue weighted by atomic mass is 9.96. The molecular weight excluding hydrogens is 318 g/mol. The molecule has 2 aromatic rings. The Labute approximate surface area is 138 Å². The van der Waals surface area contributed by atoms with E-state index in [4.69, 9.17) is 14.2 Å². The molecule has 128 valence electrons. The van der Waals surface area contributed by atoms with Crippen molar-refractivity contribution in [3.05, 3.63) is 41.7 Å². The summed E-state index contributed by atoms with van der Waals surface area (Å²) in [5, 5.41) is 3.05. The number of nitrogens with one attached hydrogen (secondary N) is 1. The van der Waals surface area contributed by atoms with Gasteiger partial charge < -0.3 is 19.5 Å². The van der Waals surface area contributed by atoms with Crippen LogP contribution in [0.25, 0.3) is 11.1 Å².